The summed E-state index contributed by atoms with van der Waals surface area (Å²) < 4.78 is 5.49. The third-order valence-corrected chi connectivity index (χ3v) is 4.34. The fourth-order valence-corrected chi connectivity index (χ4v) is 2.99. The lowest BCUT2D eigenvalue weighted by Gasteiger charge is -2.18. The number of amides is 1. The average molecular weight is 343 g/mol. The number of aryl methyl sites for hydroxylation is 1. The maximum Gasteiger partial charge on any atom is 0.335 e. The molecule has 1 aliphatic carbocycles. The van der Waals surface area contributed by atoms with Crippen molar-refractivity contribution in [3.8, 4) is 5.75 Å². The van der Waals surface area contributed by atoms with Crippen LogP contribution in [0.5, 0.6) is 5.75 Å². The van der Waals surface area contributed by atoms with Gasteiger partial charge in [0.15, 0.2) is 5.69 Å². The molecule has 7 nitrogen and oxygen atoms in total. The van der Waals surface area contributed by atoms with Crippen molar-refractivity contribution >= 4 is 11.9 Å². The number of carbonyl (C=O) groups is 2. The SMILES string of the molecule is C[C@@H]1CCc2[nH]nc(C(=O)NCCOc3cccc(C(=O)O)c3)c2C1. The van der Waals surface area contributed by atoms with Gasteiger partial charge >= 0.3 is 5.97 Å². The molecule has 0 unspecified atom stereocenters. The normalized spacial score (nSPS) is 16.1. The van der Waals surface area contributed by atoms with Gasteiger partial charge in [0.05, 0.1) is 12.1 Å². The topological polar surface area (TPSA) is 104 Å². The van der Waals surface area contributed by atoms with Crippen LogP contribution in [-0.2, 0) is 12.8 Å². The van der Waals surface area contributed by atoms with E-state index in [2.05, 4.69) is 22.4 Å². The molecule has 7 heteroatoms. The predicted molar refractivity (Wildman–Crippen MR) is 91.0 cm³/mol. The number of carbonyl (C=O) groups excluding carboxylic acids is 1. The Morgan fingerprint density at radius 3 is 3.08 bits per heavy atom. The van der Waals surface area contributed by atoms with E-state index < -0.39 is 5.97 Å². The number of aromatic amines is 1. The van der Waals surface area contributed by atoms with Crippen molar-refractivity contribution in [1.29, 1.82) is 0 Å². The summed E-state index contributed by atoms with van der Waals surface area (Å²) in [6.45, 7) is 2.74. The molecule has 0 saturated carbocycles. The summed E-state index contributed by atoms with van der Waals surface area (Å²) in [4.78, 5) is 23.2. The second-order valence-corrected chi connectivity index (χ2v) is 6.31. The molecule has 3 rings (SSSR count). The zero-order chi connectivity index (χ0) is 17.8. The molecule has 0 saturated heterocycles. The van der Waals surface area contributed by atoms with E-state index in [1.54, 1.807) is 12.1 Å². The Morgan fingerprint density at radius 2 is 2.28 bits per heavy atom. The third-order valence-electron chi connectivity index (χ3n) is 4.34. The Hall–Kier alpha value is -2.83. The first-order valence-corrected chi connectivity index (χ1v) is 8.35. The Balaban J connectivity index is 1.51. The number of H-pyrrole nitrogens is 1. The van der Waals surface area contributed by atoms with Crippen LogP contribution in [0.3, 0.4) is 0 Å². The maximum atomic E-state index is 12.3. The quantitative estimate of drug-likeness (QED) is 0.696. The van der Waals surface area contributed by atoms with E-state index in [1.807, 2.05) is 0 Å². The first-order valence-electron chi connectivity index (χ1n) is 8.35. The molecule has 0 radical (unpaired) electrons. The minimum absolute atomic E-state index is 0.166. The van der Waals surface area contributed by atoms with Crippen molar-refractivity contribution in [3.05, 3.63) is 46.8 Å². The molecule has 0 aliphatic heterocycles. The number of fused-ring (bicyclic) bond motifs is 1. The monoisotopic (exact) mass is 343 g/mol. The highest BCUT2D eigenvalue weighted by atomic mass is 16.5. The van der Waals surface area contributed by atoms with Gasteiger partial charge in [-0.15, -0.1) is 0 Å². The lowest BCUT2D eigenvalue weighted by Crippen LogP contribution is -2.29. The number of nitrogens with zero attached hydrogens (tertiary/aromatic N) is 1. The Bertz CT molecular complexity index is 784. The summed E-state index contributed by atoms with van der Waals surface area (Å²) in [5.74, 6) is -0.201. The van der Waals surface area contributed by atoms with Gasteiger partial charge in [-0.25, -0.2) is 4.79 Å². The van der Waals surface area contributed by atoms with Gasteiger partial charge in [0.25, 0.3) is 5.91 Å². The van der Waals surface area contributed by atoms with Gasteiger partial charge in [0, 0.05) is 11.3 Å². The number of aromatic nitrogens is 2. The summed E-state index contributed by atoms with van der Waals surface area (Å²) in [6.07, 6.45) is 2.91. The molecule has 1 heterocycles. The zero-order valence-electron chi connectivity index (χ0n) is 14.0. The highest BCUT2D eigenvalue weighted by Crippen LogP contribution is 2.26. The average Bonchev–Trinajstić information content (AvgIpc) is 3.02. The van der Waals surface area contributed by atoms with Crippen LogP contribution in [0.2, 0.25) is 0 Å². The van der Waals surface area contributed by atoms with Crippen LogP contribution in [0.1, 0.15) is 45.4 Å². The lowest BCUT2D eigenvalue weighted by molar-refractivity contribution is 0.0696. The molecule has 1 aromatic heterocycles. The van der Waals surface area contributed by atoms with Gasteiger partial charge < -0.3 is 15.2 Å². The first-order chi connectivity index (χ1) is 12.0. The predicted octanol–water partition coefficient (Wildman–Crippen LogP) is 2.04. The van der Waals surface area contributed by atoms with Crippen molar-refractivity contribution in [3.63, 3.8) is 0 Å². The Labute approximate surface area is 145 Å². The van der Waals surface area contributed by atoms with Crippen LogP contribution in [-0.4, -0.2) is 40.3 Å². The number of aromatic carboxylic acids is 1. The second kappa shape index (κ2) is 7.38. The molecular formula is C18H21N3O4. The minimum atomic E-state index is -1.00. The lowest BCUT2D eigenvalue weighted by atomic mass is 9.88. The number of hydrogen-bond acceptors (Lipinski definition) is 4. The minimum Gasteiger partial charge on any atom is -0.492 e. The standard InChI is InChI=1S/C18H21N3O4/c1-11-5-6-15-14(9-11)16(21-20-15)17(22)19-7-8-25-13-4-2-3-12(10-13)18(23)24/h2-4,10-11H,5-9H2,1H3,(H,19,22)(H,20,21)(H,23,24)/t11-/m1/s1. The van der Waals surface area contributed by atoms with E-state index in [1.165, 1.54) is 12.1 Å². The van der Waals surface area contributed by atoms with Gasteiger partial charge in [0.2, 0.25) is 0 Å². The Morgan fingerprint density at radius 1 is 1.44 bits per heavy atom. The van der Waals surface area contributed by atoms with E-state index in [-0.39, 0.29) is 18.1 Å². The summed E-state index contributed by atoms with van der Waals surface area (Å²) >= 11 is 0. The molecule has 25 heavy (non-hydrogen) atoms. The second-order valence-electron chi connectivity index (χ2n) is 6.31. The molecule has 1 amide bonds. The number of rotatable bonds is 6. The van der Waals surface area contributed by atoms with Crippen molar-refractivity contribution in [2.75, 3.05) is 13.2 Å². The van der Waals surface area contributed by atoms with Crippen LogP contribution < -0.4 is 10.1 Å². The molecular weight excluding hydrogens is 322 g/mol. The van der Waals surface area contributed by atoms with Gasteiger partial charge in [-0.05, 0) is 43.4 Å². The van der Waals surface area contributed by atoms with Crippen LogP contribution in [0.4, 0.5) is 0 Å². The van der Waals surface area contributed by atoms with E-state index in [4.69, 9.17) is 9.84 Å². The van der Waals surface area contributed by atoms with Crippen molar-refractivity contribution < 1.29 is 19.4 Å². The number of nitrogens with one attached hydrogen (secondary N) is 2. The molecule has 132 valence electrons. The number of hydrogen-bond donors (Lipinski definition) is 3. The number of carboxylic acids is 1. The smallest absolute Gasteiger partial charge is 0.335 e. The summed E-state index contributed by atoms with van der Waals surface area (Å²) in [6, 6.07) is 6.25. The molecule has 1 aromatic carbocycles. The van der Waals surface area contributed by atoms with Crippen molar-refractivity contribution in [2.45, 2.75) is 26.2 Å². The molecule has 0 spiro atoms. The van der Waals surface area contributed by atoms with Crippen molar-refractivity contribution in [2.24, 2.45) is 5.92 Å². The largest absolute Gasteiger partial charge is 0.492 e. The summed E-state index contributed by atoms with van der Waals surface area (Å²) in [7, 11) is 0. The summed E-state index contributed by atoms with van der Waals surface area (Å²) in [5, 5.41) is 18.9. The zero-order valence-corrected chi connectivity index (χ0v) is 14.0. The van der Waals surface area contributed by atoms with E-state index in [0.29, 0.717) is 23.9 Å². The number of ether oxygens (including phenoxy) is 1. The van der Waals surface area contributed by atoms with Crippen LogP contribution in [0.25, 0.3) is 0 Å². The molecule has 2 aromatic rings. The van der Waals surface area contributed by atoms with Gasteiger partial charge in [-0.3, -0.25) is 9.89 Å². The molecule has 0 bridgehead atoms. The molecule has 0 fully saturated rings. The van der Waals surface area contributed by atoms with Crippen LogP contribution in [0.15, 0.2) is 24.3 Å². The van der Waals surface area contributed by atoms with Crippen LogP contribution >= 0.6 is 0 Å². The van der Waals surface area contributed by atoms with Gasteiger partial charge in [-0.2, -0.15) is 5.10 Å². The molecule has 1 atom stereocenters. The van der Waals surface area contributed by atoms with Gasteiger partial charge in [0.1, 0.15) is 12.4 Å². The molecule has 3 N–H and O–H groups in total. The molecule has 1 aliphatic rings. The first kappa shape index (κ1) is 17.0. The fraction of sp³-hybridized carbons (Fsp3) is 0.389. The Kier molecular flexibility index (Phi) is 5.02. The van der Waals surface area contributed by atoms with E-state index in [9.17, 15) is 9.59 Å². The highest BCUT2D eigenvalue weighted by molar-refractivity contribution is 5.94. The number of carboxylic acid groups (broad SMARTS) is 1. The van der Waals surface area contributed by atoms with Crippen LogP contribution in [0, 0.1) is 5.92 Å². The number of benzene rings is 1. The van der Waals surface area contributed by atoms with Crippen molar-refractivity contribution in [1.82, 2.24) is 15.5 Å². The van der Waals surface area contributed by atoms with E-state index in [0.717, 1.165) is 30.5 Å². The highest BCUT2D eigenvalue weighted by Gasteiger charge is 2.24. The van der Waals surface area contributed by atoms with E-state index >= 15 is 0 Å². The summed E-state index contributed by atoms with van der Waals surface area (Å²) in [5.41, 5.74) is 2.71. The third kappa shape index (κ3) is 3.99. The van der Waals surface area contributed by atoms with Gasteiger partial charge in [-0.1, -0.05) is 13.0 Å². The fourth-order valence-electron chi connectivity index (χ4n) is 2.99. The maximum absolute atomic E-state index is 12.3.